The van der Waals surface area contributed by atoms with Gasteiger partial charge in [0.05, 0.1) is 5.69 Å². The molecule has 2 aromatic rings. The summed E-state index contributed by atoms with van der Waals surface area (Å²) in [6, 6.07) is 12.7. The smallest absolute Gasteiger partial charge is 0.421 e. The molecule has 0 spiro atoms. The summed E-state index contributed by atoms with van der Waals surface area (Å²) < 4.78 is 19.7. The normalized spacial score (nSPS) is 18.5. The summed E-state index contributed by atoms with van der Waals surface area (Å²) in [5, 5.41) is 0. The van der Waals surface area contributed by atoms with Crippen molar-refractivity contribution in [3.63, 3.8) is 0 Å². The van der Waals surface area contributed by atoms with E-state index in [2.05, 4.69) is 0 Å². The molecule has 0 N–H and O–H groups in total. The van der Waals surface area contributed by atoms with Crippen molar-refractivity contribution in [2.75, 3.05) is 4.90 Å². The number of halogens is 1. The van der Waals surface area contributed by atoms with Crippen LogP contribution in [0.3, 0.4) is 0 Å². The van der Waals surface area contributed by atoms with Gasteiger partial charge < -0.3 is 9.53 Å². The first kappa shape index (κ1) is 20.7. The average Bonchev–Trinajstić information content (AvgIpc) is 2.87. The molecule has 5 nitrogen and oxygen atoms in total. The number of ether oxygens (including phenoxy) is 1. The second-order valence-electron chi connectivity index (χ2n) is 8.26. The van der Waals surface area contributed by atoms with Gasteiger partial charge in [-0.2, -0.15) is 0 Å². The van der Waals surface area contributed by atoms with E-state index in [0.29, 0.717) is 11.1 Å². The van der Waals surface area contributed by atoms with Crippen molar-refractivity contribution in [2.45, 2.75) is 51.6 Å². The van der Waals surface area contributed by atoms with Gasteiger partial charge in [0.2, 0.25) is 0 Å². The van der Waals surface area contributed by atoms with Crippen molar-refractivity contribution in [1.82, 2.24) is 0 Å². The molecule has 29 heavy (non-hydrogen) atoms. The maximum absolute atomic E-state index is 14.2. The molecule has 0 fully saturated rings. The van der Waals surface area contributed by atoms with E-state index in [1.54, 1.807) is 51.1 Å². The number of rotatable bonds is 4. The molecule has 2 amide bonds. The van der Waals surface area contributed by atoms with Crippen LogP contribution in [0, 0.1) is 5.82 Å². The zero-order valence-electron chi connectivity index (χ0n) is 17.0. The Balaban J connectivity index is 2.23. The van der Waals surface area contributed by atoms with Gasteiger partial charge in [0.1, 0.15) is 22.6 Å². The average molecular weight is 397 g/mol. The van der Waals surface area contributed by atoms with Gasteiger partial charge >= 0.3 is 6.09 Å². The first-order chi connectivity index (χ1) is 13.6. The third-order valence-corrected chi connectivity index (χ3v) is 4.92. The molecule has 1 atom stereocenters. The fourth-order valence-corrected chi connectivity index (χ4v) is 3.70. The van der Waals surface area contributed by atoms with Gasteiger partial charge in [-0.15, -0.1) is 0 Å². The number of imide groups is 1. The summed E-state index contributed by atoms with van der Waals surface area (Å²) >= 11 is 0. The van der Waals surface area contributed by atoms with E-state index in [1.807, 2.05) is 0 Å². The number of benzene rings is 2. The van der Waals surface area contributed by atoms with Gasteiger partial charge in [-0.25, -0.2) is 14.1 Å². The highest BCUT2D eigenvalue weighted by Crippen LogP contribution is 2.49. The fourth-order valence-electron chi connectivity index (χ4n) is 3.70. The molecular formula is C23H24FNO4. The standard InChI is InChI=1S/C23H24FNO4/c1-15(26)12-13-23(16-8-6-5-7-9-16)18-14-17(24)10-11-19(18)25(20(23)27)21(28)29-22(2,3)4/h5-11,14H,12-13H2,1-4H3/t23-/m0/s1. The second kappa shape index (κ2) is 7.43. The molecule has 3 rings (SSSR count). The molecule has 1 heterocycles. The number of amides is 2. The number of nitrogens with zero attached hydrogens (tertiary/aromatic N) is 1. The van der Waals surface area contributed by atoms with Crippen LogP contribution in [0.5, 0.6) is 0 Å². The quantitative estimate of drug-likeness (QED) is 0.746. The summed E-state index contributed by atoms with van der Waals surface area (Å²) in [5.74, 6) is -1.16. The van der Waals surface area contributed by atoms with E-state index in [-0.39, 0.29) is 24.3 Å². The van der Waals surface area contributed by atoms with E-state index >= 15 is 0 Å². The maximum Gasteiger partial charge on any atom is 0.421 e. The van der Waals surface area contributed by atoms with Crippen LogP contribution in [0.2, 0.25) is 0 Å². The van der Waals surface area contributed by atoms with Crippen LogP contribution in [0.25, 0.3) is 0 Å². The Morgan fingerprint density at radius 2 is 1.76 bits per heavy atom. The predicted molar refractivity (Wildman–Crippen MR) is 107 cm³/mol. The lowest BCUT2D eigenvalue weighted by Gasteiger charge is -2.29. The van der Waals surface area contributed by atoms with Crippen LogP contribution < -0.4 is 4.90 Å². The lowest BCUT2D eigenvalue weighted by atomic mass is 9.72. The van der Waals surface area contributed by atoms with Crippen LogP contribution in [0.4, 0.5) is 14.9 Å². The topological polar surface area (TPSA) is 63.7 Å². The maximum atomic E-state index is 14.2. The Morgan fingerprint density at radius 1 is 1.10 bits per heavy atom. The Bertz CT molecular complexity index is 965. The van der Waals surface area contributed by atoms with Crippen molar-refractivity contribution in [2.24, 2.45) is 0 Å². The highest BCUT2D eigenvalue weighted by Gasteiger charge is 2.54. The van der Waals surface area contributed by atoms with Crippen molar-refractivity contribution >= 4 is 23.5 Å². The molecule has 0 aromatic heterocycles. The highest BCUT2D eigenvalue weighted by molar-refractivity contribution is 6.22. The number of ketones is 1. The minimum absolute atomic E-state index is 0.0956. The number of hydrogen-bond donors (Lipinski definition) is 0. The minimum Gasteiger partial charge on any atom is -0.443 e. The van der Waals surface area contributed by atoms with Crippen molar-refractivity contribution in [3.05, 3.63) is 65.5 Å². The van der Waals surface area contributed by atoms with Crippen LogP contribution >= 0.6 is 0 Å². The first-order valence-corrected chi connectivity index (χ1v) is 9.49. The van der Waals surface area contributed by atoms with Gasteiger partial charge in [0.15, 0.2) is 0 Å². The van der Waals surface area contributed by atoms with Crippen molar-refractivity contribution < 1.29 is 23.5 Å². The number of carbonyl (C=O) groups excluding carboxylic acids is 3. The zero-order valence-corrected chi connectivity index (χ0v) is 17.0. The summed E-state index contributed by atoms with van der Waals surface area (Å²) in [5.41, 5.74) is -0.918. The number of carbonyl (C=O) groups is 3. The Morgan fingerprint density at radius 3 is 2.34 bits per heavy atom. The van der Waals surface area contributed by atoms with Gasteiger partial charge in [0, 0.05) is 6.42 Å². The zero-order chi connectivity index (χ0) is 21.4. The minimum atomic E-state index is -1.35. The van der Waals surface area contributed by atoms with Crippen LogP contribution in [0.15, 0.2) is 48.5 Å². The molecule has 2 aromatic carbocycles. The van der Waals surface area contributed by atoms with Gasteiger partial charge in [0.25, 0.3) is 5.91 Å². The number of Topliss-reactive ketones (excluding diaryl/α,β-unsaturated/α-hetero) is 1. The molecule has 0 radical (unpaired) electrons. The summed E-state index contributed by atoms with van der Waals surface area (Å²) in [6.45, 7) is 6.56. The van der Waals surface area contributed by atoms with E-state index in [9.17, 15) is 18.8 Å². The fraction of sp³-hybridized carbons (Fsp3) is 0.348. The number of hydrogen-bond acceptors (Lipinski definition) is 4. The molecular weight excluding hydrogens is 373 g/mol. The van der Waals surface area contributed by atoms with E-state index in [0.717, 1.165) is 4.90 Å². The molecule has 0 aliphatic carbocycles. The number of fused-ring (bicyclic) bond motifs is 1. The Labute approximate surface area is 169 Å². The van der Waals surface area contributed by atoms with Crippen LogP contribution in [-0.2, 0) is 19.7 Å². The molecule has 0 saturated heterocycles. The van der Waals surface area contributed by atoms with E-state index in [1.165, 1.54) is 25.1 Å². The lowest BCUT2D eigenvalue weighted by molar-refractivity contribution is -0.122. The molecule has 152 valence electrons. The molecule has 0 unspecified atom stereocenters. The Hall–Kier alpha value is -3.02. The lowest BCUT2D eigenvalue weighted by Crippen LogP contribution is -2.46. The van der Waals surface area contributed by atoms with E-state index < -0.39 is 28.8 Å². The summed E-state index contributed by atoms with van der Waals surface area (Å²) in [6.07, 6.45) is -0.587. The van der Waals surface area contributed by atoms with Gasteiger partial charge in [-0.1, -0.05) is 30.3 Å². The molecule has 1 aliphatic heterocycles. The SMILES string of the molecule is CC(=O)CC[C@@]1(c2ccccc2)C(=O)N(C(=O)OC(C)(C)C)c2ccc(F)cc21. The Kier molecular flexibility index (Phi) is 5.30. The third kappa shape index (κ3) is 3.79. The monoisotopic (exact) mass is 397 g/mol. The largest absolute Gasteiger partial charge is 0.443 e. The second-order valence-corrected chi connectivity index (χ2v) is 8.26. The predicted octanol–water partition coefficient (Wildman–Crippen LogP) is 4.76. The van der Waals surface area contributed by atoms with Crippen molar-refractivity contribution in [3.8, 4) is 0 Å². The van der Waals surface area contributed by atoms with E-state index in [4.69, 9.17) is 4.74 Å². The molecule has 0 bridgehead atoms. The first-order valence-electron chi connectivity index (χ1n) is 9.49. The van der Waals surface area contributed by atoms with Gasteiger partial charge in [-0.3, -0.25) is 4.79 Å². The van der Waals surface area contributed by atoms with Crippen LogP contribution in [-0.4, -0.2) is 23.4 Å². The molecule has 0 saturated carbocycles. The summed E-state index contributed by atoms with van der Waals surface area (Å²) in [7, 11) is 0. The van der Waals surface area contributed by atoms with Crippen LogP contribution in [0.1, 0.15) is 51.7 Å². The van der Waals surface area contributed by atoms with Crippen molar-refractivity contribution in [1.29, 1.82) is 0 Å². The third-order valence-electron chi connectivity index (χ3n) is 4.92. The van der Waals surface area contributed by atoms with Gasteiger partial charge in [-0.05, 0) is 63.4 Å². The highest BCUT2D eigenvalue weighted by atomic mass is 19.1. The molecule has 1 aliphatic rings. The molecule has 6 heteroatoms. The summed E-state index contributed by atoms with van der Waals surface area (Å²) in [4.78, 5) is 39.4. The number of anilines is 1.